The smallest absolute Gasteiger partial charge is 0.321 e. The summed E-state index contributed by atoms with van der Waals surface area (Å²) in [5, 5.41) is 9.09. The molecule has 0 saturated carbocycles. The number of halogens is 1. The van der Waals surface area contributed by atoms with Crippen LogP contribution in [0.4, 0.5) is 0 Å². The Morgan fingerprint density at radius 3 is 2.40 bits per heavy atom. The topological polar surface area (TPSA) is 89.6 Å². The van der Waals surface area contributed by atoms with Crippen molar-refractivity contribution in [3.63, 3.8) is 0 Å². The highest BCUT2D eigenvalue weighted by atomic mass is 79.9. The summed E-state index contributed by atoms with van der Waals surface area (Å²) in [5.41, 5.74) is 5.44. The molecule has 0 heterocycles. The molecule has 0 aliphatic rings. The average molecular weight is 344 g/mol. The molecule has 1 rings (SSSR count). The lowest BCUT2D eigenvalue weighted by Crippen LogP contribution is -2.42. The maximum absolute atomic E-state index is 12.2. The zero-order chi connectivity index (χ0) is 15.5. The Balaban J connectivity index is 3.15. The third-order valence-electron chi connectivity index (χ3n) is 2.51. The molecule has 0 radical (unpaired) electrons. The van der Waals surface area contributed by atoms with Crippen LogP contribution in [0.1, 0.15) is 32.3 Å². The van der Waals surface area contributed by atoms with Crippen molar-refractivity contribution in [2.24, 2.45) is 5.73 Å². The highest BCUT2D eigenvalue weighted by Crippen LogP contribution is 2.26. The van der Waals surface area contributed by atoms with Crippen LogP contribution in [0.5, 0.6) is 0 Å². The largest absolute Gasteiger partial charge is 0.480 e. The van der Waals surface area contributed by atoms with E-state index in [0.29, 0.717) is 5.56 Å². The summed E-state index contributed by atoms with van der Waals surface area (Å²) in [5.74, 6) is -2.95. The molecule has 110 valence electrons. The molecule has 0 amide bonds. The molecule has 0 spiro atoms. The Kier molecular flexibility index (Phi) is 5.30. The van der Waals surface area contributed by atoms with E-state index in [1.54, 1.807) is 45.0 Å². The molecule has 1 aromatic rings. The van der Waals surface area contributed by atoms with Crippen molar-refractivity contribution >= 4 is 27.9 Å². The van der Waals surface area contributed by atoms with Gasteiger partial charge >= 0.3 is 11.9 Å². The summed E-state index contributed by atoms with van der Waals surface area (Å²) in [6.07, 6.45) is 0. The minimum Gasteiger partial charge on any atom is -0.480 e. The SMILES string of the molecule is CC(C)(C)OC(=O)C(c1cccc(Br)c1)[C@H](N)C(=O)O. The number of hydrogen-bond acceptors (Lipinski definition) is 4. The number of benzene rings is 1. The van der Waals surface area contributed by atoms with Crippen molar-refractivity contribution in [3.8, 4) is 0 Å². The molecule has 5 nitrogen and oxygen atoms in total. The first-order chi connectivity index (χ1) is 9.11. The number of aliphatic carboxylic acids is 1. The van der Waals surface area contributed by atoms with Crippen LogP contribution in [0.2, 0.25) is 0 Å². The Morgan fingerprint density at radius 2 is 1.95 bits per heavy atom. The molecule has 0 fully saturated rings. The van der Waals surface area contributed by atoms with Gasteiger partial charge in [-0.3, -0.25) is 9.59 Å². The first-order valence-electron chi connectivity index (χ1n) is 6.08. The summed E-state index contributed by atoms with van der Waals surface area (Å²) in [6, 6.07) is 5.45. The van der Waals surface area contributed by atoms with Crippen molar-refractivity contribution in [1.82, 2.24) is 0 Å². The van der Waals surface area contributed by atoms with E-state index in [2.05, 4.69) is 15.9 Å². The van der Waals surface area contributed by atoms with Crippen LogP contribution in [0.15, 0.2) is 28.7 Å². The normalized spacial score (nSPS) is 14.4. The number of nitrogens with two attached hydrogens (primary N) is 1. The Hall–Kier alpha value is -1.40. The fraction of sp³-hybridized carbons (Fsp3) is 0.429. The molecule has 0 aliphatic heterocycles. The quantitative estimate of drug-likeness (QED) is 0.818. The minimum absolute atomic E-state index is 0.503. The Labute approximate surface area is 126 Å². The van der Waals surface area contributed by atoms with Crippen LogP contribution in [0.25, 0.3) is 0 Å². The molecule has 0 aliphatic carbocycles. The fourth-order valence-corrected chi connectivity index (χ4v) is 2.11. The summed E-state index contributed by atoms with van der Waals surface area (Å²) >= 11 is 3.29. The zero-order valence-corrected chi connectivity index (χ0v) is 13.2. The van der Waals surface area contributed by atoms with E-state index in [1.807, 2.05) is 0 Å². The van der Waals surface area contributed by atoms with E-state index >= 15 is 0 Å². The lowest BCUT2D eigenvalue weighted by Gasteiger charge is -2.26. The second-order valence-electron chi connectivity index (χ2n) is 5.43. The van der Waals surface area contributed by atoms with Gasteiger partial charge in [-0.25, -0.2) is 0 Å². The van der Waals surface area contributed by atoms with E-state index in [9.17, 15) is 9.59 Å². The number of hydrogen-bond donors (Lipinski definition) is 2. The van der Waals surface area contributed by atoms with Gasteiger partial charge in [0.25, 0.3) is 0 Å². The van der Waals surface area contributed by atoms with E-state index < -0.39 is 29.5 Å². The number of carbonyl (C=O) groups is 2. The summed E-state index contributed by atoms with van der Waals surface area (Å²) < 4.78 is 6.01. The third-order valence-corrected chi connectivity index (χ3v) is 3.01. The number of rotatable bonds is 4. The second kappa shape index (κ2) is 6.37. The number of esters is 1. The highest BCUT2D eigenvalue weighted by Gasteiger charge is 2.35. The zero-order valence-electron chi connectivity index (χ0n) is 11.6. The van der Waals surface area contributed by atoms with E-state index in [0.717, 1.165) is 4.47 Å². The molecule has 3 N–H and O–H groups in total. The first kappa shape index (κ1) is 16.7. The minimum atomic E-state index is -1.36. The molecule has 1 aromatic carbocycles. The number of carboxylic acids is 1. The van der Waals surface area contributed by atoms with Crippen molar-refractivity contribution in [1.29, 1.82) is 0 Å². The van der Waals surface area contributed by atoms with Crippen LogP contribution in [-0.4, -0.2) is 28.7 Å². The van der Waals surface area contributed by atoms with Crippen molar-refractivity contribution in [3.05, 3.63) is 34.3 Å². The van der Waals surface area contributed by atoms with Gasteiger partial charge in [0.2, 0.25) is 0 Å². The monoisotopic (exact) mass is 343 g/mol. The van der Waals surface area contributed by atoms with E-state index in [1.165, 1.54) is 0 Å². The maximum Gasteiger partial charge on any atom is 0.321 e. The van der Waals surface area contributed by atoms with Gasteiger partial charge in [0.05, 0.1) is 0 Å². The van der Waals surface area contributed by atoms with Crippen molar-refractivity contribution in [2.45, 2.75) is 38.3 Å². The number of ether oxygens (including phenoxy) is 1. The van der Waals surface area contributed by atoms with Gasteiger partial charge in [-0.1, -0.05) is 28.1 Å². The van der Waals surface area contributed by atoms with Crippen LogP contribution >= 0.6 is 15.9 Å². The summed E-state index contributed by atoms with van der Waals surface area (Å²) in [7, 11) is 0. The fourth-order valence-electron chi connectivity index (χ4n) is 1.70. The van der Waals surface area contributed by atoms with Gasteiger partial charge in [-0.2, -0.15) is 0 Å². The van der Waals surface area contributed by atoms with Gasteiger partial charge in [0.1, 0.15) is 17.6 Å². The molecule has 0 saturated heterocycles. The number of carbonyl (C=O) groups excluding carboxylic acids is 1. The predicted molar refractivity (Wildman–Crippen MR) is 78.3 cm³/mol. The lowest BCUT2D eigenvalue weighted by molar-refractivity contribution is -0.160. The molecule has 6 heteroatoms. The number of carboxylic acid groups (broad SMARTS) is 1. The first-order valence-corrected chi connectivity index (χ1v) is 6.88. The van der Waals surface area contributed by atoms with Gasteiger partial charge in [0, 0.05) is 4.47 Å². The summed E-state index contributed by atoms with van der Waals surface area (Å²) in [6.45, 7) is 5.15. The van der Waals surface area contributed by atoms with Gasteiger partial charge in [-0.15, -0.1) is 0 Å². The van der Waals surface area contributed by atoms with E-state index in [4.69, 9.17) is 15.6 Å². The molecule has 2 atom stereocenters. The lowest BCUT2D eigenvalue weighted by atomic mass is 9.91. The standard InChI is InChI=1S/C14H18BrNO4/c1-14(2,3)20-13(19)10(11(16)12(17)18)8-5-4-6-9(15)7-8/h4-7,10-11H,16H2,1-3H3,(H,17,18)/t10?,11-/m0/s1. The van der Waals surface area contributed by atoms with E-state index in [-0.39, 0.29) is 0 Å². The Bertz CT molecular complexity index is 510. The molecule has 0 aromatic heterocycles. The molecular weight excluding hydrogens is 326 g/mol. The Morgan fingerprint density at radius 1 is 1.35 bits per heavy atom. The van der Waals surface area contributed by atoms with Crippen LogP contribution in [-0.2, 0) is 14.3 Å². The predicted octanol–water partition coefficient (Wildman–Crippen LogP) is 2.29. The molecule has 20 heavy (non-hydrogen) atoms. The maximum atomic E-state index is 12.2. The van der Waals surface area contributed by atoms with Gasteiger partial charge < -0.3 is 15.6 Å². The summed E-state index contributed by atoms with van der Waals surface area (Å²) in [4.78, 5) is 23.4. The van der Waals surface area contributed by atoms with Crippen LogP contribution in [0.3, 0.4) is 0 Å². The second-order valence-corrected chi connectivity index (χ2v) is 6.35. The molecular formula is C14H18BrNO4. The average Bonchev–Trinajstić information content (AvgIpc) is 2.26. The van der Waals surface area contributed by atoms with Crippen molar-refractivity contribution in [2.75, 3.05) is 0 Å². The third kappa shape index (κ3) is 4.61. The van der Waals surface area contributed by atoms with Gasteiger partial charge in [0.15, 0.2) is 0 Å². The molecule has 1 unspecified atom stereocenters. The highest BCUT2D eigenvalue weighted by molar-refractivity contribution is 9.10. The van der Waals surface area contributed by atoms with Crippen molar-refractivity contribution < 1.29 is 19.4 Å². The van der Waals surface area contributed by atoms with Crippen LogP contribution in [0, 0.1) is 0 Å². The van der Waals surface area contributed by atoms with Gasteiger partial charge in [-0.05, 0) is 38.5 Å². The molecule has 0 bridgehead atoms. The van der Waals surface area contributed by atoms with Crippen LogP contribution < -0.4 is 5.73 Å².